The summed E-state index contributed by atoms with van der Waals surface area (Å²) in [5.41, 5.74) is -2.31. The van der Waals surface area contributed by atoms with E-state index in [-0.39, 0.29) is 11.1 Å². The van der Waals surface area contributed by atoms with Gasteiger partial charge in [-0.2, -0.15) is 0 Å². The minimum atomic E-state index is -4.78. The molecule has 3 rings (SSSR count). The van der Waals surface area contributed by atoms with Crippen molar-refractivity contribution in [3.8, 4) is 0 Å². The van der Waals surface area contributed by atoms with Gasteiger partial charge in [0.05, 0.1) is 5.41 Å². The highest BCUT2D eigenvalue weighted by atomic mass is 35.5. The van der Waals surface area contributed by atoms with Crippen LogP contribution in [0.25, 0.3) is 16.2 Å². The maximum absolute atomic E-state index is 13.4. The second kappa shape index (κ2) is 11.2. The summed E-state index contributed by atoms with van der Waals surface area (Å²) in [5.74, 6) is -3.21. The summed E-state index contributed by atoms with van der Waals surface area (Å²) < 4.78 is 50.8. The molecule has 36 heavy (non-hydrogen) atoms. The third kappa shape index (κ3) is 6.99. The van der Waals surface area contributed by atoms with Gasteiger partial charge in [0.2, 0.25) is 12.7 Å². The van der Waals surface area contributed by atoms with E-state index in [9.17, 15) is 27.8 Å². The number of hydrogen-bond acceptors (Lipinski definition) is 6. The number of hydrogen-bond donors (Lipinski definition) is 2. The first kappa shape index (κ1) is 28.0. The van der Waals surface area contributed by atoms with Crippen LogP contribution in [0.15, 0.2) is 48.0 Å². The fraction of sp³-hybridized carbons (Fsp3) is 0.250. The van der Waals surface area contributed by atoms with E-state index < -0.39 is 49.0 Å². The minimum Gasteiger partial charge on any atom is -0.438 e. The zero-order valence-corrected chi connectivity index (χ0v) is 21.9. The van der Waals surface area contributed by atoms with Gasteiger partial charge in [0, 0.05) is 22.0 Å². The van der Waals surface area contributed by atoms with Crippen molar-refractivity contribution in [3.63, 3.8) is 0 Å². The lowest BCUT2D eigenvalue weighted by atomic mass is 9.98. The molecule has 0 radical (unpaired) electrons. The Morgan fingerprint density at radius 1 is 1.19 bits per heavy atom. The van der Waals surface area contributed by atoms with Crippen LogP contribution in [0.4, 0.5) is 8.78 Å². The molecule has 1 aromatic heterocycles. The Hall–Kier alpha value is -2.62. The molecule has 0 saturated heterocycles. The predicted molar refractivity (Wildman–Crippen MR) is 134 cm³/mol. The van der Waals surface area contributed by atoms with Gasteiger partial charge in [0.1, 0.15) is 11.6 Å². The monoisotopic (exact) mass is 557 g/mol. The first-order valence-corrected chi connectivity index (χ1v) is 13.4. The van der Waals surface area contributed by atoms with E-state index in [0.717, 1.165) is 18.3 Å². The number of carbonyl (C=O) groups excluding carboxylic acids is 2. The molecular weight excluding hydrogens is 535 g/mol. The Balaban J connectivity index is 1.90. The third-order valence-electron chi connectivity index (χ3n) is 4.86. The summed E-state index contributed by atoms with van der Waals surface area (Å²) in [7, 11) is -4.78. The summed E-state index contributed by atoms with van der Waals surface area (Å²) in [6.07, 6.45) is 2.31. The topological polar surface area (TPSA) is 102 Å². The summed E-state index contributed by atoms with van der Waals surface area (Å²) in [6, 6.07) is 7.68. The van der Waals surface area contributed by atoms with Gasteiger partial charge in [-0.15, -0.1) is 11.3 Å². The SMILES string of the molecule is CC(C)(C)C(=O)OCOP(=O)(O)C(C(=O)N/C=C/c1cc(F)cc(F)c1)c1csc2ccc(Cl)cc12. The largest absolute Gasteiger partial charge is 0.438 e. The molecule has 1 heterocycles. The molecule has 192 valence electrons. The number of thiophene rings is 1. The molecule has 0 aliphatic carbocycles. The molecule has 2 unspecified atom stereocenters. The molecule has 0 aliphatic rings. The van der Waals surface area contributed by atoms with Crippen molar-refractivity contribution in [2.75, 3.05) is 6.79 Å². The van der Waals surface area contributed by atoms with E-state index in [2.05, 4.69) is 5.32 Å². The van der Waals surface area contributed by atoms with Gasteiger partial charge < -0.3 is 14.9 Å². The number of carbonyl (C=O) groups is 2. The highest BCUT2D eigenvalue weighted by Gasteiger charge is 2.42. The summed E-state index contributed by atoms with van der Waals surface area (Å²) in [5, 5.41) is 4.70. The molecule has 2 aromatic carbocycles. The Morgan fingerprint density at radius 2 is 1.86 bits per heavy atom. The van der Waals surface area contributed by atoms with Gasteiger partial charge in [0.25, 0.3) is 0 Å². The average molecular weight is 558 g/mol. The second-order valence-corrected chi connectivity index (χ2v) is 12.0. The zero-order valence-electron chi connectivity index (χ0n) is 19.5. The standard InChI is InChI=1S/C24H23ClF2NO6PS/c1-24(2,3)23(30)33-13-34-35(31,32)21(19-12-36-20-5-4-15(25)10-18(19)20)22(29)28-7-6-14-8-16(26)11-17(27)9-14/h4-12,21H,13H2,1-3H3,(H,28,29)(H,31,32)/b7-6+. The molecule has 3 aromatic rings. The zero-order chi connectivity index (χ0) is 26.7. The number of halogens is 3. The number of rotatable bonds is 8. The maximum Gasteiger partial charge on any atom is 0.347 e. The second-order valence-electron chi connectivity index (χ2n) is 8.77. The Labute approximate surface area is 215 Å². The molecule has 12 heteroatoms. The first-order valence-electron chi connectivity index (χ1n) is 10.5. The van der Waals surface area contributed by atoms with Crippen molar-refractivity contribution >= 4 is 58.6 Å². The van der Waals surface area contributed by atoms with Gasteiger partial charge >= 0.3 is 13.6 Å². The summed E-state index contributed by atoms with van der Waals surface area (Å²) in [6.45, 7) is 3.95. The van der Waals surface area contributed by atoms with Crippen LogP contribution in [0.1, 0.15) is 37.6 Å². The quantitative estimate of drug-likeness (QED) is 0.188. The normalized spacial score (nSPS) is 14.5. The Morgan fingerprint density at radius 3 is 2.50 bits per heavy atom. The van der Waals surface area contributed by atoms with Crippen molar-refractivity contribution in [2.45, 2.75) is 26.4 Å². The molecule has 0 spiro atoms. The van der Waals surface area contributed by atoms with E-state index in [0.29, 0.717) is 21.2 Å². The maximum atomic E-state index is 13.4. The molecule has 2 atom stereocenters. The molecule has 0 saturated carbocycles. The molecular formula is C24H23ClF2NO6PS. The number of amides is 1. The smallest absolute Gasteiger partial charge is 0.347 e. The van der Waals surface area contributed by atoms with Crippen molar-refractivity contribution in [1.82, 2.24) is 5.32 Å². The van der Waals surface area contributed by atoms with E-state index in [1.807, 2.05) is 0 Å². The van der Waals surface area contributed by atoms with Gasteiger partial charge in [-0.25, -0.2) is 8.78 Å². The fourth-order valence-electron chi connectivity index (χ4n) is 3.11. The number of nitrogens with one attached hydrogen (secondary N) is 1. The van der Waals surface area contributed by atoms with Gasteiger partial charge in [-0.3, -0.25) is 18.7 Å². The lowest BCUT2D eigenvalue weighted by Gasteiger charge is -2.22. The van der Waals surface area contributed by atoms with E-state index in [4.69, 9.17) is 20.9 Å². The first-order chi connectivity index (χ1) is 16.8. The van der Waals surface area contributed by atoms with E-state index in [1.54, 1.807) is 39.0 Å². The summed E-state index contributed by atoms with van der Waals surface area (Å²) >= 11 is 7.32. The molecule has 7 nitrogen and oxygen atoms in total. The van der Waals surface area contributed by atoms with Crippen molar-refractivity contribution < 1.29 is 37.1 Å². The van der Waals surface area contributed by atoms with Crippen molar-refractivity contribution in [2.24, 2.45) is 5.41 Å². The van der Waals surface area contributed by atoms with Crippen LogP contribution in [0.3, 0.4) is 0 Å². The third-order valence-corrected chi connectivity index (χ3v) is 7.72. The van der Waals surface area contributed by atoms with Crippen molar-refractivity contribution in [3.05, 3.63) is 75.8 Å². The van der Waals surface area contributed by atoms with Crippen molar-refractivity contribution in [1.29, 1.82) is 0 Å². The van der Waals surface area contributed by atoms with Gasteiger partial charge in [-0.1, -0.05) is 11.6 Å². The van der Waals surface area contributed by atoms with Crippen LogP contribution < -0.4 is 5.32 Å². The van der Waals surface area contributed by atoms with E-state index in [1.165, 1.54) is 22.8 Å². The number of fused-ring (bicyclic) bond motifs is 1. The number of benzene rings is 2. The number of esters is 1. The molecule has 0 fully saturated rings. The predicted octanol–water partition coefficient (Wildman–Crippen LogP) is 6.41. The lowest BCUT2D eigenvalue weighted by molar-refractivity contribution is -0.159. The highest BCUT2D eigenvalue weighted by molar-refractivity contribution is 7.54. The minimum absolute atomic E-state index is 0.120. The average Bonchev–Trinajstić information content (AvgIpc) is 3.14. The molecule has 0 aliphatic heterocycles. The van der Waals surface area contributed by atoms with Crippen LogP contribution in [0.5, 0.6) is 0 Å². The fourth-order valence-corrected chi connectivity index (χ4v) is 5.64. The van der Waals surface area contributed by atoms with Crippen LogP contribution in [-0.4, -0.2) is 23.6 Å². The number of ether oxygens (including phenoxy) is 1. The highest BCUT2D eigenvalue weighted by Crippen LogP contribution is 2.58. The lowest BCUT2D eigenvalue weighted by Crippen LogP contribution is -2.27. The van der Waals surface area contributed by atoms with Gasteiger partial charge in [0.15, 0.2) is 5.66 Å². The summed E-state index contributed by atoms with van der Waals surface area (Å²) in [4.78, 5) is 35.9. The van der Waals surface area contributed by atoms with Crippen LogP contribution >= 0.6 is 30.5 Å². The Kier molecular flexibility index (Phi) is 8.69. The Bertz CT molecular complexity index is 1350. The van der Waals surface area contributed by atoms with E-state index >= 15 is 0 Å². The molecule has 1 amide bonds. The molecule has 2 N–H and O–H groups in total. The molecule has 0 bridgehead atoms. The van der Waals surface area contributed by atoms with Gasteiger partial charge in [-0.05, 0) is 79.1 Å². The van der Waals surface area contributed by atoms with Crippen LogP contribution in [0, 0.1) is 17.0 Å². The van der Waals surface area contributed by atoms with Crippen LogP contribution in [0.2, 0.25) is 5.02 Å². The van der Waals surface area contributed by atoms with Crippen LogP contribution in [-0.2, 0) is 23.4 Å².